The van der Waals surface area contributed by atoms with E-state index in [0.717, 1.165) is 25.8 Å². The van der Waals surface area contributed by atoms with E-state index in [4.69, 9.17) is 4.84 Å². The van der Waals surface area contributed by atoms with Gasteiger partial charge in [-0.2, -0.15) is 0 Å². The first-order valence-electron chi connectivity index (χ1n) is 7.32. The van der Waals surface area contributed by atoms with Crippen LogP contribution in [-0.2, 0) is 4.84 Å². The van der Waals surface area contributed by atoms with Crippen LogP contribution >= 0.6 is 0 Å². The third-order valence-electron chi connectivity index (χ3n) is 4.12. The van der Waals surface area contributed by atoms with E-state index in [1.165, 1.54) is 0 Å². The van der Waals surface area contributed by atoms with E-state index in [9.17, 15) is 4.79 Å². The summed E-state index contributed by atoms with van der Waals surface area (Å²) in [6, 6.07) is 9.60. The van der Waals surface area contributed by atoms with Crippen LogP contribution in [0.2, 0.25) is 0 Å². The van der Waals surface area contributed by atoms with Gasteiger partial charge >= 0.3 is 5.97 Å². The van der Waals surface area contributed by atoms with E-state index >= 15 is 0 Å². The highest BCUT2D eigenvalue weighted by Crippen LogP contribution is 2.40. The van der Waals surface area contributed by atoms with Crippen LogP contribution in [0.3, 0.4) is 0 Å². The maximum atomic E-state index is 12.0. The van der Waals surface area contributed by atoms with Crippen LogP contribution < -0.4 is 5.32 Å². The second-order valence-electron chi connectivity index (χ2n) is 5.66. The molecule has 1 aliphatic carbocycles. The number of hydroxylamine groups is 2. The summed E-state index contributed by atoms with van der Waals surface area (Å²) in [5.74, 6) is -0.289. The Morgan fingerprint density at radius 2 is 2.05 bits per heavy atom. The topological polar surface area (TPSA) is 41.6 Å². The minimum absolute atomic E-state index is 0.0200. The van der Waals surface area contributed by atoms with Crippen molar-refractivity contribution in [1.82, 2.24) is 10.4 Å². The number of nitrogens with zero attached hydrogens (tertiary/aromatic N) is 1. The van der Waals surface area contributed by atoms with Crippen molar-refractivity contribution in [2.45, 2.75) is 44.7 Å². The monoisotopic (exact) mass is 276 g/mol. The molecule has 0 unspecified atom stereocenters. The summed E-state index contributed by atoms with van der Waals surface area (Å²) in [5, 5.41) is 5.23. The summed E-state index contributed by atoms with van der Waals surface area (Å²) in [6.07, 6.45) is 3.23. The van der Waals surface area contributed by atoms with E-state index < -0.39 is 0 Å². The first-order chi connectivity index (χ1) is 9.57. The number of hydrogen-bond donors (Lipinski definition) is 1. The van der Waals surface area contributed by atoms with Crippen LogP contribution in [0.5, 0.6) is 0 Å². The van der Waals surface area contributed by atoms with Crippen LogP contribution in [-0.4, -0.2) is 36.2 Å². The van der Waals surface area contributed by atoms with Gasteiger partial charge in [0.05, 0.1) is 11.1 Å². The van der Waals surface area contributed by atoms with Crippen LogP contribution in [0.4, 0.5) is 0 Å². The van der Waals surface area contributed by atoms with Gasteiger partial charge in [0.15, 0.2) is 0 Å². The Bertz CT molecular complexity index is 443. The number of nitrogens with one attached hydrogen (secondary N) is 1. The minimum atomic E-state index is -0.289. The zero-order chi connectivity index (χ0) is 14.6. The molecule has 1 N–H and O–H groups in total. The van der Waals surface area contributed by atoms with Gasteiger partial charge in [-0.25, -0.2) is 4.79 Å². The van der Waals surface area contributed by atoms with Gasteiger partial charge in [-0.15, -0.1) is 5.06 Å². The quantitative estimate of drug-likeness (QED) is 0.777. The largest absolute Gasteiger partial charge is 0.364 e. The van der Waals surface area contributed by atoms with E-state index in [-0.39, 0.29) is 11.5 Å². The second kappa shape index (κ2) is 6.37. The van der Waals surface area contributed by atoms with Crippen molar-refractivity contribution >= 4 is 5.97 Å². The molecule has 2 rings (SSSR count). The molecule has 110 valence electrons. The number of carbonyl (C=O) groups is 1. The van der Waals surface area contributed by atoms with E-state index in [1.54, 1.807) is 17.2 Å². The Morgan fingerprint density at radius 1 is 1.40 bits per heavy atom. The third-order valence-corrected chi connectivity index (χ3v) is 4.12. The fourth-order valence-electron chi connectivity index (χ4n) is 2.10. The second-order valence-corrected chi connectivity index (χ2v) is 5.66. The van der Waals surface area contributed by atoms with E-state index in [0.29, 0.717) is 11.6 Å². The van der Waals surface area contributed by atoms with E-state index in [1.807, 2.05) is 25.2 Å². The van der Waals surface area contributed by atoms with Gasteiger partial charge in [0.1, 0.15) is 0 Å². The molecule has 4 nitrogen and oxygen atoms in total. The molecule has 1 saturated carbocycles. The van der Waals surface area contributed by atoms with Gasteiger partial charge in [-0.05, 0) is 38.3 Å². The molecule has 0 amide bonds. The van der Waals surface area contributed by atoms with Gasteiger partial charge in [-0.3, -0.25) is 0 Å². The normalized spacial score (nSPS) is 17.8. The van der Waals surface area contributed by atoms with Crippen molar-refractivity contribution in [3.63, 3.8) is 0 Å². The van der Waals surface area contributed by atoms with Crippen LogP contribution in [0, 0.1) is 0 Å². The standard InChI is InChI=1S/C16H24N2O2/c1-4-13(2)17-12-16(10-11-16)18(3)20-15(19)14-8-6-5-7-9-14/h5-9,13,17H,4,10-12H2,1-3H3/t13-/m0/s1. The summed E-state index contributed by atoms with van der Waals surface area (Å²) >= 11 is 0. The fraction of sp³-hybridized carbons (Fsp3) is 0.562. The average molecular weight is 276 g/mol. The van der Waals surface area contributed by atoms with Gasteiger partial charge < -0.3 is 10.2 Å². The molecule has 0 heterocycles. The summed E-state index contributed by atoms with van der Waals surface area (Å²) in [4.78, 5) is 17.5. The Labute approximate surface area is 121 Å². The maximum Gasteiger partial charge on any atom is 0.357 e. The molecule has 1 aliphatic rings. The molecule has 0 spiro atoms. The molecule has 4 heteroatoms. The van der Waals surface area contributed by atoms with Crippen molar-refractivity contribution in [3.05, 3.63) is 35.9 Å². The first-order valence-corrected chi connectivity index (χ1v) is 7.32. The van der Waals surface area contributed by atoms with Crippen molar-refractivity contribution < 1.29 is 9.63 Å². The molecule has 1 fully saturated rings. The highest BCUT2D eigenvalue weighted by molar-refractivity contribution is 5.89. The Morgan fingerprint density at radius 3 is 2.60 bits per heavy atom. The van der Waals surface area contributed by atoms with E-state index in [2.05, 4.69) is 19.2 Å². The third kappa shape index (κ3) is 3.58. The molecule has 0 bridgehead atoms. The van der Waals surface area contributed by atoms with Crippen molar-refractivity contribution in [1.29, 1.82) is 0 Å². The smallest absolute Gasteiger partial charge is 0.357 e. The summed E-state index contributed by atoms with van der Waals surface area (Å²) in [7, 11) is 1.85. The maximum absolute atomic E-state index is 12.0. The van der Waals surface area contributed by atoms with Gasteiger partial charge in [0, 0.05) is 19.6 Å². The van der Waals surface area contributed by atoms with Crippen molar-refractivity contribution in [2.75, 3.05) is 13.6 Å². The summed E-state index contributed by atoms with van der Waals surface area (Å²) in [5.41, 5.74) is 0.568. The fourth-order valence-corrected chi connectivity index (χ4v) is 2.10. The highest BCUT2D eigenvalue weighted by atomic mass is 16.7. The molecule has 1 aromatic rings. The molecule has 1 atom stereocenters. The lowest BCUT2D eigenvalue weighted by atomic mass is 10.2. The predicted octanol–water partition coefficient (Wildman–Crippen LogP) is 2.61. The molecule has 1 aromatic carbocycles. The SMILES string of the molecule is CC[C@H](C)NCC1(N(C)OC(=O)c2ccccc2)CC1. The number of hydrogen-bond acceptors (Lipinski definition) is 4. The van der Waals surface area contributed by atoms with Gasteiger partial charge in [-0.1, -0.05) is 25.1 Å². The van der Waals surface area contributed by atoms with Crippen LogP contribution in [0.15, 0.2) is 30.3 Å². The zero-order valence-corrected chi connectivity index (χ0v) is 12.6. The lowest BCUT2D eigenvalue weighted by molar-refractivity contribution is -0.127. The minimum Gasteiger partial charge on any atom is -0.364 e. The van der Waals surface area contributed by atoms with Gasteiger partial charge in [0.25, 0.3) is 0 Å². The number of likely N-dealkylation sites (N-methyl/N-ethyl adjacent to an activating group) is 1. The number of carbonyl (C=O) groups excluding carboxylic acids is 1. The Balaban J connectivity index is 1.88. The summed E-state index contributed by atoms with van der Waals surface area (Å²) < 4.78 is 0. The highest BCUT2D eigenvalue weighted by Gasteiger charge is 2.48. The molecule has 0 aromatic heterocycles. The first kappa shape index (κ1) is 15.0. The zero-order valence-electron chi connectivity index (χ0n) is 12.6. The van der Waals surface area contributed by atoms with Gasteiger partial charge in [0.2, 0.25) is 0 Å². The molecule has 0 saturated heterocycles. The molecule has 20 heavy (non-hydrogen) atoms. The molecular formula is C16H24N2O2. The lowest BCUT2D eigenvalue weighted by Crippen LogP contribution is -2.45. The van der Waals surface area contributed by atoms with Crippen LogP contribution in [0.1, 0.15) is 43.5 Å². The molecule has 0 aliphatic heterocycles. The number of benzene rings is 1. The van der Waals surface area contributed by atoms with Crippen molar-refractivity contribution in [3.8, 4) is 0 Å². The van der Waals surface area contributed by atoms with Crippen LogP contribution in [0.25, 0.3) is 0 Å². The molecular weight excluding hydrogens is 252 g/mol. The Kier molecular flexibility index (Phi) is 4.78. The Hall–Kier alpha value is -1.39. The predicted molar refractivity (Wildman–Crippen MR) is 79.3 cm³/mol. The van der Waals surface area contributed by atoms with Crippen molar-refractivity contribution in [2.24, 2.45) is 0 Å². The average Bonchev–Trinajstić information content (AvgIpc) is 3.26. The number of rotatable bonds is 7. The summed E-state index contributed by atoms with van der Waals surface area (Å²) in [6.45, 7) is 5.20. The molecule has 0 radical (unpaired) electrons. The lowest BCUT2D eigenvalue weighted by Gasteiger charge is -2.28.